The number of halogens is 2. The second kappa shape index (κ2) is 13.2. The average molecular weight is 489 g/mol. The minimum atomic E-state index is -1.51. The van der Waals surface area contributed by atoms with Crippen molar-refractivity contribution in [1.82, 2.24) is 0 Å². The third-order valence-corrected chi connectivity index (χ3v) is 6.51. The maximum atomic E-state index is 14.1. The van der Waals surface area contributed by atoms with Gasteiger partial charge in [-0.05, 0) is 80.7 Å². The van der Waals surface area contributed by atoms with Crippen LogP contribution in [0.1, 0.15) is 74.2 Å². The molecular formula is C28H34F2O5. The first-order chi connectivity index (χ1) is 16.9. The SMILES string of the molecule is CCCC[C@H](F)C(=O)O[C@H]1CC[C@H](CCc2ccc(OC(=O)c3ccc(OC)cc3F)cc2)CC1. The van der Waals surface area contributed by atoms with E-state index in [9.17, 15) is 18.4 Å². The number of esters is 2. The monoisotopic (exact) mass is 488 g/mol. The van der Waals surface area contributed by atoms with Gasteiger partial charge in [0, 0.05) is 6.07 Å². The number of benzene rings is 2. The molecule has 2 aromatic rings. The molecule has 0 heterocycles. The molecule has 0 amide bonds. The van der Waals surface area contributed by atoms with Crippen molar-refractivity contribution in [1.29, 1.82) is 0 Å². The highest BCUT2D eigenvalue weighted by molar-refractivity contribution is 5.91. The first kappa shape index (κ1) is 26.6. The summed E-state index contributed by atoms with van der Waals surface area (Å²) in [5.41, 5.74) is 0.962. The van der Waals surface area contributed by atoms with Crippen LogP contribution in [0.2, 0.25) is 0 Å². The van der Waals surface area contributed by atoms with Crippen molar-refractivity contribution in [3.8, 4) is 11.5 Å². The van der Waals surface area contributed by atoms with Gasteiger partial charge in [-0.2, -0.15) is 0 Å². The second-order valence-electron chi connectivity index (χ2n) is 9.11. The quantitative estimate of drug-likeness (QED) is 0.263. The number of hydrogen-bond donors (Lipinski definition) is 0. The number of hydrogen-bond acceptors (Lipinski definition) is 5. The second-order valence-corrected chi connectivity index (χ2v) is 9.11. The minimum Gasteiger partial charge on any atom is -0.497 e. The summed E-state index contributed by atoms with van der Waals surface area (Å²) in [7, 11) is 1.42. The average Bonchev–Trinajstić information content (AvgIpc) is 2.87. The summed E-state index contributed by atoms with van der Waals surface area (Å²) in [5.74, 6) is -0.967. The fraction of sp³-hybridized carbons (Fsp3) is 0.500. The van der Waals surface area contributed by atoms with Crippen LogP contribution in [0.4, 0.5) is 8.78 Å². The Morgan fingerprint density at radius 2 is 1.71 bits per heavy atom. The zero-order valence-corrected chi connectivity index (χ0v) is 20.4. The lowest BCUT2D eigenvalue weighted by Gasteiger charge is -2.28. The Kier molecular flexibility index (Phi) is 10.1. The Bertz CT molecular complexity index is 968. The van der Waals surface area contributed by atoms with E-state index in [1.165, 1.54) is 19.2 Å². The van der Waals surface area contributed by atoms with Crippen molar-refractivity contribution in [3.63, 3.8) is 0 Å². The number of unbranched alkanes of at least 4 members (excludes halogenated alkanes) is 1. The molecule has 1 aliphatic carbocycles. The van der Waals surface area contributed by atoms with Crippen molar-refractivity contribution >= 4 is 11.9 Å². The molecule has 5 nitrogen and oxygen atoms in total. The lowest BCUT2D eigenvalue weighted by molar-refractivity contribution is -0.157. The van der Waals surface area contributed by atoms with Crippen LogP contribution >= 0.6 is 0 Å². The summed E-state index contributed by atoms with van der Waals surface area (Å²) in [4.78, 5) is 24.1. The lowest BCUT2D eigenvalue weighted by atomic mass is 9.83. The number of methoxy groups -OCH3 is 1. The van der Waals surface area contributed by atoms with Crippen LogP contribution in [0.5, 0.6) is 11.5 Å². The number of aryl methyl sites for hydroxylation is 1. The van der Waals surface area contributed by atoms with E-state index in [1.54, 1.807) is 12.1 Å². The van der Waals surface area contributed by atoms with Gasteiger partial charge in [0.1, 0.15) is 23.4 Å². The van der Waals surface area contributed by atoms with Crippen LogP contribution in [0.25, 0.3) is 0 Å². The van der Waals surface area contributed by atoms with E-state index in [0.717, 1.165) is 56.6 Å². The molecule has 190 valence electrons. The molecule has 3 rings (SSSR count). The number of ether oxygens (including phenoxy) is 3. The van der Waals surface area contributed by atoms with Crippen molar-refractivity contribution in [3.05, 3.63) is 59.4 Å². The highest BCUT2D eigenvalue weighted by Crippen LogP contribution is 2.30. The molecule has 0 spiro atoms. The van der Waals surface area contributed by atoms with Gasteiger partial charge < -0.3 is 14.2 Å². The molecule has 7 heteroatoms. The van der Waals surface area contributed by atoms with Crippen molar-refractivity contribution in [2.75, 3.05) is 7.11 Å². The summed E-state index contributed by atoms with van der Waals surface area (Å²) in [6.45, 7) is 1.97. The van der Waals surface area contributed by atoms with Crippen LogP contribution in [0.3, 0.4) is 0 Å². The maximum absolute atomic E-state index is 14.1. The summed E-state index contributed by atoms with van der Waals surface area (Å²) in [6, 6.07) is 11.2. The molecular weight excluding hydrogens is 454 g/mol. The standard InChI is InChI=1S/C28H34F2O5/c1-3-4-5-25(29)28(32)35-22-14-10-20(11-15-22)7-6-19-8-12-21(13-9-19)34-27(31)24-17-16-23(33-2)18-26(24)30/h8-9,12-13,16-18,20,22,25H,3-7,10-11,14-15H2,1-2H3/t20-,22-,25-/m0/s1. The predicted octanol–water partition coefficient (Wildman–Crippen LogP) is 6.62. The fourth-order valence-corrected chi connectivity index (χ4v) is 4.32. The third kappa shape index (κ3) is 8.05. The number of carbonyl (C=O) groups excluding carboxylic acids is 2. The normalized spacial score (nSPS) is 18.5. The van der Waals surface area contributed by atoms with Gasteiger partial charge in [-0.25, -0.2) is 18.4 Å². The Morgan fingerprint density at radius 1 is 1.03 bits per heavy atom. The fourth-order valence-electron chi connectivity index (χ4n) is 4.32. The molecule has 0 aromatic heterocycles. The number of alkyl halides is 1. The molecule has 1 aliphatic rings. The Morgan fingerprint density at radius 3 is 2.34 bits per heavy atom. The van der Waals surface area contributed by atoms with Gasteiger partial charge in [-0.1, -0.05) is 31.9 Å². The zero-order chi connectivity index (χ0) is 25.2. The molecule has 2 aromatic carbocycles. The molecule has 0 radical (unpaired) electrons. The Balaban J connectivity index is 1.40. The van der Waals surface area contributed by atoms with Gasteiger partial charge in [0.25, 0.3) is 0 Å². The summed E-state index contributed by atoms with van der Waals surface area (Å²) in [5, 5.41) is 0. The molecule has 0 N–H and O–H groups in total. The highest BCUT2D eigenvalue weighted by atomic mass is 19.1. The van der Waals surface area contributed by atoms with E-state index >= 15 is 0 Å². The minimum absolute atomic E-state index is 0.154. The summed E-state index contributed by atoms with van der Waals surface area (Å²) >= 11 is 0. The Labute approximate surface area is 205 Å². The van der Waals surface area contributed by atoms with Crippen LogP contribution in [-0.2, 0) is 16.0 Å². The summed E-state index contributed by atoms with van der Waals surface area (Å²) < 4.78 is 43.5. The van der Waals surface area contributed by atoms with Crippen LogP contribution in [0.15, 0.2) is 42.5 Å². The van der Waals surface area contributed by atoms with E-state index in [-0.39, 0.29) is 18.1 Å². The van der Waals surface area contributed by atoms with Crippen molar-refractivity contribution in [2.45, 2.75) is 77.0 Å². The van der Waals surface area contributed by atoms with E-state index in [2.05, 4.69) is 0 Å². The zero-order valence-electron chi connectivity index (χ0n) is 20.4. The van der Waals surface area contributed by atoms with Crippen LogP contribution in [-0.4, -0.2) is 31.3 Å². The third-order valence-electron chi connectivity index (χ3n) is 6.51. The number of carbonyl (C=O) groups is 2. The van der Waals surface area contributed by atoms with Gasteiger partial charge >= 0.3 is 11.9 Å². The molecule has 0 bridgehead atoms. The molecule has 1 atom stereocenters. The van der Waals surface area contributed by atoms with E-state index in [0.29, 0.717) is 23.8 Å². The van der Waals surface area contributed by atoms with E-state index in [1.807, 2.05) is 19.1 Å². The van der Waals surface area contributed by atoms with Crippen molar-refractivity contribution < 1.29 is 32.6 Å². The molecule has 1 fully saturated rings. The molecule has 1 saturated carbocycles. The molecule has 0 unspecified atom stereocenters. The lowest BCUT2D eigenvalue weighted by Crippen LogP contribution is -2.29. The van der Waals surface area contributed by atoms with E-state index < -0.39 is 23.9 Å². The largest absolute Gasteiger partial charge is 0.497 e. The molecule has 0 saturated heterocycles. The number of rotatable bonds is 11. The van der Waals surface area contributed by atoms with Gasteiger partial charge in [-0.15, -0.1) is 0 Å². The first-order valence-corrected chi connectivity index (χ1v) is 12.4. The van der Waals surface area contributed by atoms with Gasteiger partial charge in [0.15, 0.2) is 6.17 Å². The topological polar surface area (TPSA) is 61.8 Å². The first-order valence-electron chi connectivity index (χ1n) is 12.4. The maximum Gasteiger partial charge on any atom is 0.346 e. The van der Waals surface area contributed by atoms with Crippen LogP contribution in [0, 0.1) is 11.7 Å². The molecule has 0 aliphatic heterocycles. The van der Waals surface area contributed by atoms with Crippen molar-refractivity contribution in [2.24, 2.45) is 5.92 Å². The van der Waals surface area contributed by atoms with Gasteiger partial charge in [0.2, 0.25) is 0 Å². The predicted molar refractivity (Wildman–Crippen MR) is 129 cm³/mol. The smallest absolute Gasteiger partial charge is 0.346 e. The highest BCUT2D eigenvalue weighted by Gasteiger charge is 2.27. The van der Waals surface area contributed by atoms with Crippen LogP contribution < -0.4 is 9.47 Å². The summed E-state index contributed by atoms with van der Waals surface area (Å²) in [6.07, 6.45) is 5.42. The molecule has 35 heavy (non-hydrogen) atoms. The van der Waals surface area contributed by atoms with Gasteiger partial charge in [-0.3, -0.25) is 0 Å². The van der Waals surface area contributed by atoms with E-state index in [4.69, 9.17) is 14.2 Å². The van der Waals surface area contributed by atoms with Gasteiger partial charge in [0.05, 0.1) is 12.7 Å². The Hall–Kier alpha value is -2.96.